The third-order valence-electron chi connectivity index (χ3n) is 0.777. The number of terminal acetylenes is 1. The largest absolute Gasteiger partial charge is 0.325 e. The van der Waals surface area contributed by atoms with Crippen LogP contribution in [0.5, 0.6) is 0 Å². The number of nitrogens with two attached hydrogens (primary N) is 1. The van der Waals surface area contributed by atoms with Crippen molar-refractivity contribution in [1.29, 1.82) is 0 Å². The van der Waals surface area contributed by atoms with Gasteiger partial charge in [0.25, 0.3) is 0 Å². The Balaban J connectivity index is 3.78. The summed E-state index contributed by atoms with van der Waals surface area (Å²) < 4.78 is 0. The molecule has 9 heavy (non-hydrogen) atoms. The van der Waals surface area contributed by atoms with Crippen LogP contribution in [0.3, 0.4) is 0 Å². The van der Waals surface area contributed by atoms with Crippen LogP contribution in [-0.2, 0) is 4.79 Å². The summed E-state index contributed by atoms with van der Waals surface area (Å²) in [5, 5.41) is 0. The number of rotatable bonds is 2. The lowest BCUT2D eigenvalue weighted by atomic mass is 10.00. The first-order valence-corrected chi connectivity index (χ1v) is 2.74. The molecule has 0 aromatic carbocycles. The fraction of sp³-hybridized carbons (Fsp3) is 0.571. The lowest BCUT2D eigenvalue weighted by Gasteiger charge is -2.14. The van der Waals surface area contributed by atoms with E-state index in [1.807, 2.05) is 5.92 Å². The average Bonchev–Trinajstić information content (AvgIpc) is 1.62. The topological polar surface area (TPSA) is 43.1 Å². The summed E-state index contributed by atoms with van der Waals surface area (Å²) in [6.45, 7) is 3.53. The maximum atomic E-state index is 10.5. The van der Waals surface area contributed by atoms with Crippen molar-refractivity contribution in [1.82, 2.24) is 0 Å². The molecule has 0 saturated carbocycles. The molecule has 0 aromatic heterocycles. The Hall–Kier alpha value is -0.810. The third kappa shape index (κ3) is 5.05. The van der Waals surface area contributed by atoms with Crippen molar-refractivity contribution >= 4 is 5.78 Å². The summed E-state index contributed by atoms with van der Waals surface area (Å²) in [6.07, 6.45) is 5.08. The van der Waals surface area contributed by atoms with Gasteiger partial charge in [-0.05, 0) is 19.8 Å². The van der Waals surface area contributed by atoms with Gasteiger partial charge in [-0.3, -0.25) is 4.79 Å². The van der Waals surface area contributed by atoms with Crippen molar-refractivity contribution in [2.75, 3.05) is 0 Å². The zero-order valence-electron chi connectivity index (χ0n) is 5.77. The lowest BCUT2D eigenvalue weighted by Crippen LogP contribution is -2.34. The smallest absolute Gasteiger partial charge is 0.207 e. The monoisotopic (exact) mass is 125 g/mol. The number of ketones is 1. The van der Waals surface area contributed by atoms with Gasteiger partial charge in [-0.1, -0.05) is 0 Å². The first-order chi connectivity index (χ1) is 3.95. The Labute approximate surface area is 55.4 Å². The molecular weight excluding hydrogens is 114 g/mol. The quantitative estimate of drug-likeness (QED) is 0.426. The predicted octanol–water partition coefficient (Wildman–Crippen LogP) is 0.316. The van der Waals surface area contributed by atoms with Crippen molar-refractivity contribution in [3.63, 3.8) is 0 Å². The summed E-state index contributed by atoms with van der Waals surface area (Å²) in [4.78, 5) is 10.5. The number of Topliss-reactive ketones (excluding diaryl/α,β-unsaturated/α-hetero) is 1. The van der Waals surface area contributed by atoms with Crippen molar-refractivity contribution in [2.24, 2.45) is 5.73 Å². The van der Waals surface area contributed by atoms with Crippen LogP contribution in [0, 0.1) is 12.3 Å². The fourth-order valence-corrected chi connectivity index (χ4v) is 0.465. The first-order valence-electron chi connectivity index (χ1n) is 2.74. The van der Waals surface area contributed by atoms with Gasteiger partial charge in [-0.2, -0.15) is 0 Å². The molecule has 0 radical (unpaired) electrons. The third-order valence-corrected chi connectivity index (χ3v) is 0.777. The number of carbonyl (C=O) groups is 1. The molecule has 2 N–H and O–H groups in total. The van der Waals surface area contributed by atoms with Gasteiger partial charge in [0.15, 0.2) is 0 Å². The van der Waals surface area contributed by atoms with Gasteiger partial charge in [0.05, 0.1) is 0 Å². The van der Waals surface area contributed by atoms with Crippen LogP contribution in [0.2, 0.25) is 0 Å². The second-order valence-corrected chi connectivity index (χ2v) is 2.73. The Bertz CT molecular complexity index is 147. The van der Waals surface area contributed by atoms with Gasteiger partial charge in [-0.15, -0.1) is 6.42 Å². The molecule has 0 unspecified atom stereocenters. The van der Waals surface area contributed by atoms with E-state index in [1.165, 1.54) is 0 Å². The summed E-state index contributed by atoms with van der Waals surface area (Å²) in [6, 6.07) is 0. The van der Waals surface area contributed by atoms with Gasteiger partial charge < -0.3 is 5.73 Å². The molecule has 0 fully saturated rings. The van der Waals surface area contributed by atoms with E-state index < -0.39 is 5.54 Å². The van der Waals surface area contributed by atoms with E-state index in [0.29, 0.717) is 0 Å². The van der Waals surface area contributed by atoms with Gasteiger partial charge in [-0.25, -0.2) is 0 Å². The molecule has 0 heterocycles. The summed E-state index contributed by atoms with van der Waals surface area (Å²) in [5.41, 5.74) is 5.03. The number of carbonyl (C=O) groups excluding carboxylic acids is 1. The molecule has 0 aliphatic heterocycles. The normalized spacial score (nSPS) is 10.4. The average molecular weight is 125 g/mol. The highest BCUT2D eigenvalue weighted by molar-refractivity contribution is 5.95. The Morgan fingerprint density at radius 3 is 2.33 bits per heavy atom. The second kappa shape index (κ2) is 2.65. The van der Waals surface area contributed by atoms with E-state index >= 15 is 0 Å². The molecule has 0 atom stereocenters. The number of hydrogen-bond donors (Lipinski definition) is 1. The minimum absolute atomic E-state index is 0.234. The molecule has 0 spiro atoms. The van der Waals surface area contributed by atoms with Gasteiger partial charge in [0.1, 0.15) is 0 Å². The summed E-state index contributed by atoms with van der Waals surface area (Å²) >= 11 is 0. The maximum absolute atomic E-state index is 10.5. The van der Waals surface area contributed by atoms with Gasteiger partial charge >= 0.3 is 0 Å². The van der Waals surface area contributed by atoms with E-state index in [1.54, 1.807) is 13.8 Å². The van der Waals surface area contributed by atoms with Crippen LogP contribution in [0.25, 0.3) is 0 Å². The Morgan fingerprint density at radius 2 is 2.22 bits per heavy atom. The molecule has 2 heteroatoms. The molecule has 0 aliphatic rings. The van der Waals surface area contributed by atoms with Crippen molar-refractivity contribution < 1.29 is 4.79 Å². The van der Waals surface area contributed by atoms with E-state index in [-0.39, 0.29) is 12.2 Å². The molecule has 0 saturated heterocycles. The van der Waals surface area contributed by atoms with Crippen LogP contribution in [0.4, 0.5) is 0 Å². The van der Waals surface area contributed by atoms with E-state index in [2.05, 4.69) is 0 Å². The van der Waals surface area contributed by atoms with Crippen molar-refractivity contribution in [3.05, 3.63) is 0 Å². The molecule has 0 amide bonds. The molecular formula is C7H11NO. The summed E-state index contributed by atoms with van der Waals surface area (Å²) in [5.74, 6) is 1.77. The fourth-order valence-electron chi connectivity index (χ4n) is 0.465. The lowest BCUT2D eigenvalue weighted by molar-refractivity contribution is -0.114. The van der Waals surface area contributed by atoms with E-state index in [4.69, 9.17) is 12.2 Å². The van der Waals surface area contributed by atoms with Crippen LogP contribution in [0.1, 0.15) is 20.3 Å². The second-order valence-electron chi connectivity index (χ2n) is 2.73. The molecule has 0 bridgehead atoms. The van der Waals surface area contributed by atoms with Crippen LogP contribution in [-0.4, -0.2) is 11.3 Å². The standard InChI is InChI=1S/C7H11NO/c1-4-6(9)5-7(2,3)8/h1H,5,8H2,2-3H3. The van der Waals surface area contributed by atoms with Crippen LogP contribution < -0.4 is 5.73 Å². The minimum atomic E-state index is -0.469. The molecule has 50 valence electrons. The van der Waals surface area contributed by atoms with E-state index in [0.717, 1.165) is 0 Å². The minimum Gasteiger partial charge on any atom is -0.325 e. The van der Waals surface area contributed by atoms with Crippen LogP contribution in [0.15, 0.2) is 0 Å². The van der Waals surface area contributed by atoms with E-state index in [9.17, 15) is 4.79 Å². The summed E-state index contributed by atoms with van der Waals surface area (Å²) in [7, 11) is 0. The highest BCUT2D eigenvalue weighted by atomic mass is 16.1. The Kier molecular flexibility index (Phi) is 2.41. The van der Waals surface area contributed by atoms with Crippen molar-refractivity contribution in [3.8, 4) is 12.3 Å². The zero-order valence-corrected chi connectivity index (χ0v) is 5.77. The molecule has 2 nitrogen and oxygen atoms in total. The van der Waals surface area contributed by atoms with Gasteiger partial charge in [0, 0.05) is 12.0 Å². The maximum Gasteiger partial charge on any atom is 0.207 e. The van der Waals surface area contributed by atoms with Crippen LogP contribution >= 0.6 is 0 Å². The van der Waals surface area contributed by atoms with Gasteiger partial charge in [0.2, 0.25) is 5.78 Å². The highest BCUT2D eigenvalue weighted by Crippen LogP contribution is 2.02. The first kappa shape index (κ1) is 8.19. The molecule has 0 aromatic rings. The molecule has 0 rings (SSSR count). The number of hydrogen-bond acceptors (Lipinski definition) is 2. The predicted molar refractivity (Wildman–Crippen MR) is 36.7 cm³/mol. The Morgan fingerprint density at radius 1 is 1.78 bits per heavy atom. The highest BCUT2D eigenvalue weighted by Gasteiger charge is 2.13. The van der Waals surface area contributed by atoms with Crippen molar-refractivity contribution in [2.45, 2.75) is 25.8 Å². The molecule has 0 aliphatic carbocycles. The SMILES string of the molecule is C#CC(=O)CC(C)(C)N. The zero-order chi connectivity index (χ0) is 7.49.